The zero-order valence-electron chi connectivity index (χ0n) is 22.2. The topological polar surface area (TPSA) is 118 Å². The molecule has 0 bridgehead atoms. The van der Waals surface area contributed by atoms with Crippen molar-refractivity contribution >= 4 is 34.6 Å². The van der Waals surface area contributed by atoms with E-state index in [1.165, 1.54) is 5.69 Å². The number of hydrogen-bond donors (Lipinski definition) is 3. The zero-order valence-corrected chi connectivity index (χ0v) is 22.2. The summed E-state index contributed by atoms with van der Waals surface area (Å²) in [6.45, 7) is 6.81. The van der Waals surface area contributed by atoms with E-state index in [9.17, 15) is 4.79 Å². The molecule has 2 saturated heterocycles. The summed E-state index contributed by atoms with van der Waals surface area (Å²) in [5, 5.41) is 6.80. The number of primary amides is 1. The highest BCUT2D eigenvalue weighted by molar-refractivity contribution is 5.96. The lowest BCUT2D eigenvalue weighted by Crippen LogP contribution is -2.57. The molecule has 204 valence electrons. The van der Waals surface area contributed by atoms with Gasteiger partial charge >= 0.3 is 0 Å². The van der Waals surface area contributed by atoms with E-state index in [4.69, 9.17) is 20.2 Å². The zero-order chi connectivity index (χ0) is 26.8. The molecule has 1 amide bonds. The van der Waals surface area contributed by atoms with Crippen LogP contribution in [0.15, 0.2) is 48.5 Å². The van der Waals surface area contributed by atoms with Gasteiger partial charge in [-0.2, -0.15) is 0 Å². The van der Waals surface area contributed by atoms with Gasteiger partial charge in [0, 0.05) is 56.3 Å². The monoisotopic (exact) mass is 529 g/mol. The molecule has 1 atom stereocenters. The molecule has 4 heterocycles. The van der Waals surface area contributed by atoms with Crippen molar-refractivity contribution in [2.45, 2.75) is 38.3 Å². The average molecular weight is 530 g/mol. The lowest BCUT2D eigenvalue weighted by molar-refractivity contribution is 0.0903. The van der Waals surface area contributed by atoms with Crippen molar-refractivity contribution in [3.63, 3.8) is 0 Å². The smallest absolute Gasteiger partial charge is 0.271 e. The minimum absolute atomic E-state index is 0.125. The average Bonchev–Trinajstić information content (AvgIpc) is 2.97. The quantitative estimate of drug-likeness (QED) is 0.422. The molecule has 4 N–H and O–H groups in total. The summed E-state index contributed by atoms with van der Waals surface area (Å²) in [6, 6.07) is 17.1. The molecule has 39 heavy (non-hydrogen) atoms. The van der Waals surface area contributed by atoms with E-state index in [2.05, 4.69) is 55.7 Å². The summed E-state index contributed by atoms with van der Waals surface area (Å²) in [5.74, 6) is 1.19. The molecule has 3 aliphatic rings. The first-order valence-electron chi connectivity index (χ1n) is 13.7. The third-order valence-corrected chi connectivity index (χ3v) is 7.67. The van der Waals surface area contributed by atoms with Crippen LogP contribution in [0.3, 0.4) is 0 Å². The van der Waals surface area contributed by atoms with Gasteiger partial charge in [-0.25, -0.2) is 9.97 Å². The van der Waals surface area contributed by atoms with Gasteiger partial charge in [0.1, 0.15) is 12.4 Å². The van der Waals surface area contributed by atoms with Gasteiger partial charge in [0.25, 0.3) is 5.91 Å². The molecule has 0 saturated carbocycles. The van der Waals surface area contributed by atoms with Crippen molar-refractivity contribution in [1.82, 2.24) is 9.97 Å². The normalized spacial score (nSPS) is 19.1. The fourth-order valence-electron chi connectivity index (χ4n) is 5.58. The van der Waals surface area contributed by atoms with Crippen LogP contribution in [0.2, 0.25) is 0 Å². The van der Waals surface area contributed by atoms with Crippen molar-refractivity contribution in [1.29, 1.82) is 0 Å². The number of para-hydroxylation sites is 1. The predicted octanol–water partition coefficient (Wildman–Crippen LogP) is 3.56. The summed E-state index contributed by atoms with van der Waals surface area (Å²) in [4.78, 5) is 26.5. The lowest BCUT2D eigenvalue weighted by atomic mass is 10.1. The van der Waals surface area contributed by atoms with Crippen molar-refractivity contribution in [3.8, 4) is 5.75 Å². The van der Waals surface area contributed by atoms with Gasteiger partial charge in [0.2, 0.25) is 0 Å². The Kier molecular flexibility index (Phi) is 7.10. The Hall–Kier alpha value is -4.05. The second kappa shape index (κ2) is 11.0. The Morgan fingerprint density at radius 3 is 2.67 bits per heavy atom. The first-order chi connectivity index (χ1) is 19.1. The first kappa shape index (κ1) is 25.2. The Bertz CT molecular complexity index is 1330. The van der Waals surface area contributed by atoms with E-state index in [1.807, 2.05) is 25.1 Å². The molecular formula is C29H35N7O3. The fraction of sp³-hybridized carbons (Fsp3) is 0.414. The van der Waals surface area contributed by atoms with E-state index in [0.29, 0.717) is 37.9 Å². The summed E-state index contributed by atoms with van der Waals surface area (Å²) in [5.41, 5.74) is 9.63. The number of carbonyl (C=O) groups is 1. The predicted molar refractivity (Wildman–Crippen MR) is 152 cm³/mol. The SMILES string of the molecule is CCc1nc(C(N)=O)c(Nc2ccc3c(c2)OCC2CN(c4ccccc4)CCN32)nc1NC1CCOCC1. The van der Waals surface area contributed by atoms with Gasteiger partial charge in [-0.3, -0.25) is 4.79 Å². The third kappa shape index (κ3) is 5.29. The number of nitrogens with zero attached hydrogens (tertiary/aromatic N) is 4. The number of nitrogens with two attached hydrogens (primary N) is 1. The van der Waals surface area contributed by atoms with E-state index in [-0.39, 0.29) is 17.8 Å². The van der Waals surface area contributed by atoms with Gasteiger partial charge in [-0.15, -0.1) is 0 Å². The number of benzene rings is 2. The van der Waals surface area contributed by atoms with E-state index in [1.54, 1.807) is 0 Å². The molecule has 2 fully saturated rings. The third-order valence-electron chi connectivity index (χ3n) is 7.67. The molecule has 3 aliphatic heterocycles. The van der Waals surface area contributed by atoms with Crippen LogP contribution in [0, 0.1) is 0 Å². The number of amides is 1. The highest BCUT2D eigenvalue weighted by Gasteiger charge is 2.33. The van der Waals surface area contributed by atoms with Crippen LogP contribution in [0.5, 0.6) is 5.75 Å². The molecule has 10 heteroatoms. The molecule has 0 radical (unpaired) electrons. The number of aromatic nitrogens is 2. The number of fused-ring (bicyclic) bond motifs is 3. The number of nitrogens with one attached hydrogen (secondary N) is 2. The number of hydrogen-bond acceptors (Lipinski definition) is 9. The number of aryl methyl sites for hydroxylation is 1. The second-order valence-corrected chi connectivity index (χ2v) is 10.2. The van der Waals surface area contributed by atoms with E-state index < -0.39 is 5.91 Å². The molecule has 3 aromatic rings. The Balaban J connectivity index is 1.22. The van der Waals surface area contributed by atoms with Crippen LogP contribution >= 0.6 is 0 Å². The fourth-order valence-corrected chi connectivity index (χ4v) is 5.58. The molecule has 0 spiro atoms. The van der Waals surface area contributed by atoms with Crippen LogP contribution in [0.25, 0.3) is 0 Å². The minimum atomic E-state index is -0.620. The Morgan fingerprint density at radius 1 is 1.08 bits per heavy atom. The highest BCUT2D eigenvalue weighted by Crippen LogP contribution is 2.38. The van der Waals surface area contributed by atoms with E-state index >= 15 is 0 Å². The van der Waals surface area contributed by atoms with Gasteiger partial charge in [-0.1, -0.05) is 25.1 Å². The lowest BCUT2D eigenvalue weighted by Gasteiger charge is -2.46. The molecular weight excluding hydrogens is 494 g/mol. The summed E-state index contributed by atoms with van der Waals surface area (Å²) < 4.78 is 11.7. The number of piperazine rings is 1. The number of rotatable bonds is 7. The molecule has 1 aromatic heterocycles. The van der Waals surface area contributed by atoms with Crippen molar-refractivity contribution in [2.24, 2.45) is 5.73 Å². The molecule has 6 rings (SSSR count). The first-order valence-corrected chi connectivity index (χ1v) is 13.7. The van der Waals surface area contributed by atoms with Crippen molar-refractivity contribution in [2.75, 3.05) is 59.9 Å². The largest absolute Gasteiger partial charge is 0.489 e. The van der Waals surface area contributed by atoms with Gasteiger partial charge in [-0.05, 0) is 43.5 Å². The molecule has 10 nitrogen and oxygen atoms in total. The standard InChI is InChI=1S/C29H35N7O3/c1-2-23-28(31-19-10-14-38-15-11-19)34-29(26(33-23)27(30)37)32-20-8-9-24-25(16-20)39-18-22-17-35(12-13-36(22)24)21-6-4-3-5-7-21/h3-9,16,19,22H,2,10-15,17-18H2,1H3,(H2,30,37)(H2,31,32,34). The highest BCUT2D eigenvalue weighted by atomic mass is 16.5. The van der Waals surface area contributed by atoms with Crippen LogP contribution in [-0.4, -0.2) is 67.4 Å². The van der Waals surface area contributed by atoms with Crippen LogP contribution in [0.4, 0.5) is 28.7 Å². The molecule has 2 aromatic carbocycles. The van der Waals surface area contributed by atoms with Crippen LogP contribution in [-0.2, 0) is 11.2 Å². The maximum absolute atomic E-state index is 12.3. The summed E-state index contributed by atoms with van der Waals surface area (Å²) in [7, 11) is 0. The van der Waals surface area contributed by atoms with Crippen molar-refractivity contribution < 1.29 is 14.3 Å². The Morgan fingerprint density at radius 2 is 1.90 bits per heavy atom. The number of ether oxygens (including phenoxy) is 2. The summed E-state index contributed by atoms with van der Waals surface area (Å²) in [6.07, 6.45) is 2.42. The van der Waals surface area contributed by atoms with Crippen LogP contribution < -0.4 is 30.9 Å². The molecule has 1 unspecified atom stereocenters. The maximum Gasteiger partial charge on any atom is 0.271 e. The second-order valence-electron chi connectivity index (χ2n) is 10.2. The van der Waals surface area contributed by atoms with E-state index in [0.717, 1.165) is 55.3 Å². The summed E-state index contributed by atoms with van der Waals surface area (Å²) >= 11 is 0. The maximum atomic E-state index is 12.3. The molecule has 0 aliphatic carbocycles. The van der Waals surface area contributed by atoms with Gasteiger partial charge < -0.3 is 35.6 Å². The number of anilines is 5. The number of carbonyl (C=O) groups excluding carboxylic acids is 1. The van der Waals surface area contributed by atoms with Gasteiger partial charge in [0.15, 0.2) is 17.3 Å². The van der Waals surface area contributed by atoms with Gasteiger partial charge in [0.05, 0.1) is 17.4 Å². The Labute approximate surface area is 228 Å². The minimum Gasteiger partial charge on any atom is -0.489 e. The van der Waals surface area contributed by atoms with Crippen molar-refractivity contribution in [3.05, 3.63) is 59.9 Å². The van der Waals surface area contributed by atoms with Crippen LogP contribution in [0.1, 0.15) is 35.9 Å².